The van der Waals surface area contributed by atoms with Crippen LogP contribution in [0.2, 0.25) is 0 Å². The molecule has 26 heavy (non-hydrogen) atoms. The van der Waals surface area contributed by atoms with Gasteiger partial charge in [0.15, 0.2) is 5.78 Å². The van der Waals surface area contributed by atoms with Gasteiger partial charge in [0.05, 0.1) is 13.1 Å². The van der Waals surface area contributed by atoms with Crippen LogP contribution in [0.4, 0.5) is 4.39 Å². The van der Waals surface area contributed by atoms with E-state index in [1.165, 1.54) is 41.2 Å². The maximum Gasteiger partial charge on any atom is 0.316 e. The molecular formula is C20H17FN2O3. The summed E-state index contributed by atoms with van der Waals surface area (Å²) in [5, 5.41) is 0. The normalized spacial score (nSPS) is 10.7. The van der Waals surface area contributed by atoms with E-state index in [0.717, 1.165) is 15.7 Å². The molecule has 0 spiro atoms. The second-order valence-corrected chi connectivity index (χ2v) is 6.08. The lowest BCUT2D eigenvalue weighted by Gasteiger charge is -2.09. The summed E-state index contributed by atoms with van der Waals surface area (Å²) >= 11 is 0. The topological polar surface area (TPSA) is 61.1 Å². The van der Waals surface area contributed by atoms with E-state index in [1.54, 1.807) is 0 Å². The van der Waals surface area contributed by atoms with Crippen molar-refractivity contribution in [3.8, 4) is 0 Å². The highest BCUT2D eigenvalue weighted by atomic mass is 19.1. The molecule has 1 heterocycles. The highest BCUT2D eigenvalue weighted by Gasteiger charge is 2.11. The minimum Gasteiger partial charge on any atom is -0.305 e. The van der Waals surface area contributed by atoms with E-state index in [-0.39, 0.29) is 24.4 Å². The summed E-state index contributed by atoms with van der Waals surface area (Å²) in [6.45, 7) is 1.97. The van der Waals surface area contributed by atoms with Crippen LogP contribution in [0.1, 0.15) is 21.5 Å². The molecule has 0 saturated heterocycles. The first-order valence-corrected chi connectivity index (χ1v) is 8.08. The highest BCUT2D eigenvalue weighted by Crippen LogP contribution is 2.06. The molecule has 0 aliphatic rings. The Morgan fingerprint density at radius 3 is 2.12 bits per heavy atom. The number of carbonyl (C=O) groups excluding carboxylic acids is 1. The molecule has 0 bridgehead atoms. The number of aryl methyl sites for hydroxylation is 1. The Morgan fingerprint density at radius 1 is 0.885 bits per heavy atom. The van der Waals surface area contributed by atoms with Gasteiger partial charge in [0, 0.05) is 18.0 Å². The van der Waals surface area contributed by atoms with E-state index in [0.29, 0.717) is 0 Å². The van der Waals surface area contributed by atoms with Crippen LogP contribution in [-0.4, -0.2) is 14.9 Å². The van der Waals surface area contributed by atoms with Crippen LogP contribution in [0.3, 0.4) is 0 Å². The fraction of sp³-hybridized carbons (Fsp3) is 0.150. The van der Waals surface area contributed by atoms with Gasteiger partial charge in [-0.15, -0.1) is 0 Å². The van der Waals surface area contributed by atoms with Crippen LogP contribution in [0.15, 0.2) is 70.5 Å². The number of hydrogen-bond acceptors (Lipinski definition) is 3. The number of benzene rings is 2. The summed E-state index contributed by atoms with van der Waals surface area (Å²) in [4.78, 5) is 36.8. The molecule has 5 nitrogen and oxygen atoms in total. The lowest BCUT2D eigenvalue weighted by molar-refractivity contribution is 0.0970. The largest absolute Gasteiger partial charge is 0.316 e. The molecule has 0 N–H and O–H groups in total. The van der Waals surface area contributed by atoms with Crippen molar-refractivity contribution >= 4 is 5.78 Å². The zero-order chi connectivity index (χ0) is 18.7. The Labute approximate surface area is 149 Å². The second-order valence-electron chi connectivity index (χ2n) is 6.08. The van der Waals surface area contributed by atoms with Crippen molar-refractivity contribution in [3.05, 3.63) is 104 Å². The van der Waals surface area contributed by atoms with Crippen molar-refractivity contribution in [2.75, 3.05) is 0 Å². The van der Waals surface area contributed by atoms with Crippen LogP contribution in [-0.2, 0) is 13.1 Å². The summed E-state index contributed by atoms with van der Waals surface area (Å²) in [6, 6.07) is 12.7. The number of rotatable bonds is 5. The molecule has 132 valence electrons. The molecule has 0 saturated carbocycles. The summed E-state index contributed by atoms with van der Waals surface area (Å²) in [5.74, 6) is -0.819. The average Bonchev–Trinajstić information content (AvgIpc) is 2.63. The molecule has 0 aliphatic carbocycles. The molecular weight excluding hydrogens is 335 g/mol. The monoisotopic (exact) mass is 352 g/mol. The zero-order valence-corrected chi connectivity index (χ0v) is 14.2. The molecule has 0 atom stereocenters. The van der Waals surface area contributed by atoms with Gasteiger partial charge in [-0.05, 0) is 36.8 Å². The first-order chi connectivity index (χ1) is 12.4. The summed E-state index contributed by atoms with van der Waals surface area (Å²) in [7, 11) is 0. The lowest BCUT2D eigenvalue weighted by Crippen LogP contribution is -2.41. The van der Waals surface area contributed by atoms with Crippen molar-refractivity contribution < 1.29 is 9.18 Å². The van der Waals surface area contributed by atoms with Gasteiger partial charge in [0.1, 0.15) is 5.82 Å². The molecule has 0 radical (unpaired) electrons. The van der Waals surface area contributed by atoms with Gasteiger partial charge < -0.3 is 9.13 Å². The van der Waals surface area contributed by atoms with Crippen LogP contribution in [0.25, 0.3) is 0 Å². The van der Waals surface area contributed by atoms with Gasteiger partial charge in [0.2, 0.25) is 0 Å². The number of halogens is 1. The standard InChI is InChI=1S/C20H17FN2O3/c1-14-2-4-15(5-3-14)12-22-10-11-23(20(26)19(22)25)13-18(24)16-6-8-17(21)9-7-16/h2-11H,12-13H2,1H3. The smallest absolute Gasteiger partial charge is 0.305 e. The highest BCUT2D eigenvalue weighted by molar-refractivity contribution is 5.95. The van der Waals surface area contributed by atoms with Gasteiger partial charge in [-0.25, -0.2) is 4.39 Å². The number of ketones is 1. The van der Waals surface area contributed by atoms with Gasteiger partial charge in [-0.3, -0.25) is 14.4 Å². The third-order valence-electron chi connectivity index (χ3n) is 4.08. The van der Waals surface area contributed by atoms with Crippen molar-refractivity contribution in [1.82, 2.24) is 9.13 Å². The summed E-state index contributed by atoms with van der Waals surface area (Å²) < 4.78 is 15.3. The quantitative estimate of drug-likeness (QED) is 0.523. The molecule has 2 aromatic carbocycles. The van der Waals surface area contributed by atoms with Crippen LogP contribution < -0.4 is 11.1 Å². The predicted octanol–water partition coefficient (Wildman–Crippen LogP) is 2.39. The van der Waals surface area contributed by atoms with Crippen molar-refractivity contribution in [1.29, 1.82) is 0 Å². The first kappa shape index (κ1) is 17.5. The van der Waals surface area contributed by atoms with Crippen molar-refractivity contribution in [3.63, 3.8) is 0 Å². The number of carbonyl (C=O) groups is 1. The molecule has 0 unspecified atom stereocenters. The molecule has 1 aromatic heterocycles. The fourth-order valence-electron chi connectivity index (χ4n) is 2.56. The van der Waals surface area contributed by atoms with E-state index in [1.807, 2.05) is 31.2 Å². The van der Waals surface area contributed by atoms with E-state index in [9.17, 15) is 18.8 Å². The van der Waals surface area contributed by atoms with E-state index >= 15 is 0 Å². The van der Waals surface area contributed by atoms with E-state index in [2.05, 4.69) is 0 Å². The van der Waals surface area contributed by atoms with E-state index in [4.69, 9.17) is 0 Å². The van der Waals surface area contributed by atoms with Crippen molar-refractivity contribution in [2.45, 2.75) is 20.0 Å². The number of hydrogen-bond donors (Lipinski definition) is 0. The maximum atomic E-state index is 12.9. The Hall–Kier alpha value is -3.28. The number of Topliss-reactive ketones (excluding diaryl/α,β-unsaturated/α-hetero) is 1. The van der Waals surface area contributed by atoms with Crippen molar-refractivity contribution in [2.24, 2.45) is 0 Å². The minimum atomic E-state index is -0.768. The summed E-state index contributed by atoms with van der Waals surface area (Å²) in [6.07, 6.45) is 2.90. The molecule has 0 fully saturated rings. The van der Waals surface area contributed by atoms with Crippen LogP contribution in [0, 0.1) is 12.7 Å². The van der Waals surface area contributed by atoms with Gasteiger partial charge >= 0.3 is 11.1 Å². The lowest BCUT2D eigenvalue weighted by atomic mass is 10.1. The molecule has 3 aromatic rings. The molecule has 0 aliphatic heterocycles. The van der Waals surface area contributed by atoms with Gasteiger partial charge in [-0.1, -0.05) is 29.8 Å². The minimum absolute atomic E-state index is 0.273. The van der Waals surface area contributed by atoms with E-state index < -0.39 is 16.9 Å². The third kappa shape index (κ3) is 3.85. The molecule has 3 rings (SSSR count). The first-order valence-electron chi connectivity index (χ1n) is 8.08. The Kier molecular flexibility index (Phi) is 4.93. The van der Waals surface area contributed by atoms with Crippen LogP contribution in [0.5, 0.6) is 0 Å². The SMILES string of the molecule is Cc1ccc(Cn2ccn(CC(=O)c3ccc(F)cc3)c(=O)c2=O)cc1. The van der Waals surface area contributed by atoms with Gasteiger partial charge in [-0.2, -0.15) is 0 Å². The second kappa shape index (κ2) is 7.31. The number of nitrogens with zero attached hydrogens (tertiary/aromatic N) is 2. The van der Waals surface area contributed by atoms with Crippen LogP contribution >= 0.6 is 0 Å². The zero-order valence-electron chi connectivity index (χ0n) is 14.2. The maximum absolute atomic E-state index is 12.9. The predicted molar refractivity (Wildman–Crippen MR) is 96.0 cm³/mol. The Morgan fingerprint density at radius 2 is 1.46 bits per heavy atom. The van der Waals surface area contributed by atoms with Gasteiger partial charge in [0.25, 0.3) is 0 Å². The Bertz CT molecular complexity index is 1050. The summed E-state index contributed by atoms with van der Waals surface area (Å²) in [5.41, 5.74) is 0.824. The molecule has 0 amide bonds. The number of aromatic nitrogens is 2. The Balaban J connectivity index is 1.82. The fourth-order valence-corrected chi connectivity index (χ4v) is 2.56. The molecule has 6 heteroatoms. The third-order valence-corrected chi connectivity index (χ3v) is 4.08. The average molecular weight is 352 g/mol.